The lowest BCUT2D eigenvalue weighted by atomic mass is 9.90. The van der Waals surface area contributed by atoms with Crippen molar-refractivity contribution in [2.75, 3.05) is 39.3 Å². The summed E-state index contributed by atoms with van der Waals surface area (Å²) in [5.41, 5.74) is 2.23. The molecule has 4 nitrogen and oxygen atoms in total. The highest BCUT2D eigenvalue weighted by Crippen LogP contribution is 2.24. The number of carbonyl (C=O) groups is 1. The summed E-state index contributed by atoms with van der Waals surface area (Å²) in [4.78, 5) is 18.1. The van der Waals surface area contributed by atoms with Gasteiger partial charge in [-0.15, -0.1) is 0 Å². The fraction of sp³-hybridized carbons (Fsp3) is 0.696. The minimum atomic E-state index is 0.256. The van der Waals surface area contributed by atoms with Crippen molar-refractivity contribution in [2.24, 2.45) is 5.92 Å². The number of nitrogens with zero attached hydrogens (tertiary/aromatic N) is 2. The highest BCUT2D eigenvalue weighted by atomic mass is 16.2. The highest BCUT2D eigenvalue weighted by molar-refractivity contribution is 5.94. The van der Waals surface area contributed by atoms with Gasteiger partial charge in [-0.1, -0.05) is 12.1 Å². The van der Waals surface area contributed by atoms with Gasteiger partial charge in [0.15, 0.2) is 0 Å². The molecule has 0 unspecified atom stereocenters. The predicted molar refractivity (Wildman–Crippen MR) is 110 cm³/mol. The van der Waals surface area contributed by atoms with Crippen molar-refractivity contribution in [3.8, 4) is 0 Å². The number of nitrogens with one attached hydrogen (secondary N) is 1. The molecule has 3 fully saturated rings. The van der Waals surface area contributed by atoms with Gasteiger partial charge in [0, 0.05) is 24.7 Å². The van der Waals surface area contributed by atoms with E-state index >= 15 is 0 Å². The molecule has 27 heavy (non-hydrogen) atoms. The maximum atomic E-state index is 13.3. The van der Waals surface area contributed by atoms with Gasteiger partial charge in [-0.05, 0) is 101 Å². The van der Waals surface area contributed by atoms with Crippen molar-refractivity contribution in [3.05, 3.63) is 35.4 Å². The average Bonchev–Trinajstić information content (AvgIpc) is 3.22. The van der Waals surface area contributed by atoms with Crippen molar-refractivity contribution < 1.29 is 4.79 Å². The van der Waals surface area contributed by atoms with Crippen LogP contribution in [0.5, 0.6) is 0 Å². The topological polar surface area (TPSA) is 35.6 Å². The molecular formula is C23H35N3O. The largest absolute Gasteiger partial charge is 0.334 e. The Morgan fingerprint density at radius 1 is 1.00 bits per heavy atom. The number of benzene rings is 1. The molecule has 4 heteroatoms. The first-order valence-electron chi connectivity index (χ1n) is 11.1. The molecule has 148 valence electrons. The Bertz CT molecular complexity index is 620. The first-order chi connectivity index (χ1) is 13.3. The fourth-order valence-electron chi connectivity index (χ4n) is 5.14. The Labute approximate surface area is 164 Å². The molecule has 3 saturated heterocycles. The quantitative estimate of drug-likeness (QED) is 0.865. The number of likely N-dealkylation sites (tertiary alicyclic amines) is 2. The van der Waals surface area contributed by atoms with Gasteiger partial charge in [-0.3, -0.25) is 4.79 Å². The van der Waals surface area contributed by atoms with Gasteiger partial charge < -0.3 is 15.1 Å². The lowest BCUT2D eigenvalue weighted by Gasteiger charge is -2.38. The van der Waals surface area contributed by atoms with Crippen LogP contribution in [0.15, 0.2) is 24.3 Å². The number of piperidine rings is 2. The second-order valence-electron chi connectivity index (χ2n) is 8.75. The first kappa shape index (κ1) is 18.9. The summed E-state index contributed by atoms with van der Waals surface area (Å²) in [6.45, 7) is 6.69. The zero-order valence-electron chi connectivity index (χ0n) is 16.7. The maximum absolute atomic E-state index is 13.3. The third kappa shape index (κ3) is 4.91. The summed E-state index contributed by atoms with van der Waals surface area (Å²) in [5, 5.41) is 3.44. The zero-order chi connectivity index (χ0) is 18.5. The molecule has 0 aromatic heterocycles. The van der Waals surface area contributed by atoms with Crippen molar-refractivity contribution in [1.29, 1.82) is 0 Å². The van der Waals surface area contributed by atoms with Gasteiger partial charge >= 0.3 is 0 Å². The van der Waals surface area contributed by atoms with Crippen LogP contribution >= 0.6 is 0 Å². The Balaban J connectivity index is 1.42. The monoisotopic (exact) mass is 369 g/mol. The van der Waals surface area contributed by atoms with Crippen LogP contribution in [0.4, 0.5) is 0 Å². The van der Waals surface area contributed by atoms with Crippen LogP contribution in [0.25, 0.3) is 0 Å². The van der Waals surface area contributed by atoms with E-state index < -0.39 is 0 Å². The van der Waals surface area contributed by atoms with E-state index in [1.807, 2.05) is 6.07 Å². The van der Waals surface area contributed by atoms with Crippen LogP contribution in [-0.4, -0.2) is 61.0 Å². The SMILES string of the molecule is O=C(c1cccc(CC2CCNCC2)c1)N1CCCC[C@@H]1CN1CCCC1. The van der Waals surface area contributed by atoms with E-state index in [4.69, 9.17) is 0 Å². The molecule has 0 bridgehead atoms. The molecule has 1 N–H and O–H groups in total. The molecule has 3 aliphatic rings. The maximum Gasteiger partial charge on any atom is 0.254 e. The van der Waals surface area contributed by atoms with E-state index in [0.717, 1.165) is 56.9 Å². The van der Waals surface area contributed by atoms with E-state index in [2.05, 4.69) is 33.3 Å². The molecule has 0 saturated carbocycles. The van der Waals surface area contributed by atoms with Crippen LogP contribution < -0.4 is 5.32 Å². The highest BCUT2D eigenvalue weighted by Gasteiger charge is 2.29. The third-order valence-electron chi connectivity index (χ3n) is 6.71. The second kappa shape index (κ2) is 9.20. The summed E-state index contributed by atoms with van der Waals surface area (Å²) in [5.74, 6) is 1.01. The number of carbonyl (C=O) groups excluding carboxylic acids is 1. The van der Waals surface area contributed by atoms with E-state index in [1.54, 1.807) is 0 Å². The zero-order valence-corrected chi connectivity index (χ0v) is 16.7. The average molecular weight is 370 g/mol. The molecule has 0 spiro atoms. The molecule has 1 aromatic rings. The summed E-state index contributed by atoms with van der Waals surface area (Å²) in [7, 11) is 0. The summed E-state index contributed by atoms with van der Waals surface area (Å²) in [6, 6.07) is 8.89. The van der Waals surface area contributed by atoms with Crippen molar-refractivity contribution in [3.63, 3.8) is 0 Å². The summed E-state index contributed by atoms with van der Waals surface area (Å²) < 4.78 is 0. The standard InChI is InChI=1S/C23H35N3O/c27-23(26-15-2-1-8-22(26)18-25-13-3-4-14-25)21-7-5-6-20(17-21)16-19-9-11-24-12-10-19/h5-7,17,19,22,24H,1-4,8-16,18H2/t22-/m1/s1. The van der Waals surface area contributed by atoms with Crippen molar-refractivity contribution in [2.45, 2.75) is 57.4 Å². The predicted octanol–water partition coefficient (Wildman–Crippen LogP) is 3.32. The molecule has 1 aromatic carbocycles. The summed E-state index contributed by atoms with van der Waals surface area (Å²) in [6.07, 6.45) is 9.83. The van der Waals surface area contributed by atoms with E-state index in [0.29, 0.717) is 6.04 Å². The van der Waals surface area contributed by atoms with Gasteiger partial charge in [0.2, 0.25) is 0 Å². The first-order valence-corrected chi connectivity index (χ1v) is 11.1. The molecule has 0 aliphatic carbocycles. The lowest BCUT2D eigenvalue weighted by molar-refractivity contribution is 0.0560. The van der Waals surface area contributed by atoms with E-state index in [1.165, 1.54) is 50.8 Å². The fourth-order valence-corrected chi connectivity index (χ4v) is 5.14. The Kier molecular flexibility index (Phi) is 6.46. The second-order valence-corrected chi connectivity index (χ2v) is 8.75. The van der Waals surface area contributed by atoms with E-state index in [9.17, 15) is 4.79 Å². The van der Waals surface area contributed by atoms with Crippen molar-refractivity contribution >= 4 is 5.91 Å². The molecule has 0 radical (unpaired) electrons. The van der Waals surface area contributed by atoms with Crippen LogP contribution in [-0.2, 0) is 6.42 Å². The summed E-state index contributed by atoms with van der Waals surface area (Å²) >= 11 is 0. The number of hydrogen-bond acceptors (Lipinski definition) is 3. The molecule has 4 rings (SSSR count). The van der Waals surface area contributed by atoms with Gasteiger partial charge in [-0.25, -0.2) is 0 Å². The van der Waals surface area contributed by atoms with Crippen molar-refractivity contribution in [1.82, 2.24) is 15.1 Å². The minimum absolute atomic E-state index is 0.256. The lowest BCUT2D eigenvalue weighted by Crippen LogP contribution is -2.49. The number of amides is 1. The third-order valence-corrected chi connectivity index (χ3v) is 6.71. The molecular weight excluding hydrogens is 334 g/mol. The normalized spacial score (nSPS) is 25.0. The van der Waals surface area contributed by atoms with Gasteiger partial charge in [0.05, 0.1) is 0 Å². The molecule has 3 aliphatic heterocycles. The van der Waals surface area contributed by atoms with Crippen LogP contribution in [0, 0.1) is 5.92 Å². The Hall–Kier alpha value is -1.39. The van der Waals surface area contributed by atoms with Crippen LogP contribution in [0.3, 0.4) is 0 Å². The van der Waals surface area contributed by atoms with Gasteiger partial charge in [0.25, 0.3) is 5.91 Å². The minimum Gasteiger partial charge on any atom is -0.334 e. The van der Waals surface area contributed by atoms with Crippen LogP contribution in [0.2, 0.25) is 0 Å². The smallest absolute Gasteiger partial charge is 0.254 e. The van der Waals surface area contributed by atoms with Gasteiger partial charge in [-0.2, -0.15) is 0 Å². The van der Waals surface area contributed by atoms with Crippen LogP contribution in [0.1, 0.15) is 60.9 Å². The number of rotatable bonds is 5. The molecule has 3 heterocycles. The molecule has 1 atom stereocenters. The van der Waals surface area contributed by atoms with E-state index in [-0.39, 0.29) is 5.91 Å². The molecule has 1 amide bonds. The van der Waals surface area contributed by atoms with Gasteiger partial charge in [0.1, 0.15) is 0 Å². The number of hydrogen-bond donors (Lipinski definition) is 1. The Morgan fingerprint density at radius 2 is 1.78 bits per heavy atom. The Morgan fingerprint density at radius 3 is 2.59 bits per heavy atom.